The minimum Gasteiger partial charge on any atom is -0.477 e. The second-order valence-corrected chi connectivity index (χ2v) is 4.69. The van der Waals surface area contributed by atoms with Crippen LogP contribution in [0.4, 0.5) is 0 Å². The van der Waals surface area contributed by atoms with Gasteiger partial charge in [-0.25, -0.2) is 4.79 Å². The molecular formula is C10H11NO3S. The summed E-state index contributed by atoms with van der Waals surface area (Å²) in [4.78, 5) is 24.4. The molecule has 1 unspecified atom stereocenters. The Hall–Kier alpha value is -1.23. The van der Waals surface area contributed by atoms with Gasteiger partial charge in [0.25, 0.3) is 5.56 Å². The van der Waals surface area contributed by atoms with Gasteiger partial charge in [0.1, 0.15) is 5.56 Å². The fourth-order valence-corrected chi connectivity index (χ4v) is 2.95. The lowest BCUT2D eigenvalue weighted by molar-refractivity contribution is 0.0695. The highest BCUT2D eigenvalue weighted by atomic mass is 32.2. The molecule has 2 rings (SSSR count). The quantitative estimate of drug-likeness (QED) is 0.795. The Kier molecular flexibility index (Phi) is 2.81. The van der Waals surface area contributed by atoms with Crippen LogP contribution in [0, 0.1) is 0 Å². The van der Waals surface area contributed by atoms with Gasteiger partial charge in [0.15, 0.2) is 0 Å². The molecule has 1 aliphatic heterocycles. The van der Waals surface area contributed by atoms with Gasteiger partial charge in [-0.1, -0.05) is 0 Å². The Labute approximate surface area is 90.7 Å². The molecule has 0 radical (unpaired) electrons. The molecule has 0 amide bonds. The minimum absolute atomic E-state index is 0.163. The zero-order chi connectivity index (χ0) is 10.8. The molecule has 0 saturated carbocycles. The number of hydrogen-bond donors (Lipinski definition) is 2. The summed E-state index contributed by atoms with van der Waals surface area (Å²) in [5.74, 6) is 1.32. The first-order valence-corrected chi connectivity index (χ1v) is 5.87. The minimum atomic E-state index is -1.16. The molecule has 0 spiro atoms. The molecule has 2 heterocycles. The molecule has 1 atom stereocenters. The summed E-state index contributed by atoms with van der Waals surface area (Å²) in [6, 6.07) is 1.50. The van der Waals surface area contributed by atoms with Crippen molar-refractivity contribution in [1.82, 2.24) is 4.98 Å². The van der Waals surface area contributed by atoms with Crippen LogP contribution in [0.5, 0.6) is 0 Å². The fourth-order valence-electron chi connectivity index (χ4n) is 1.69. The maximum absolute atomic E-state index is 11.2. The van der Waals surface area contributed by atoms with Gasteiger partial charge in [-0.2, -0.15) is 11.8 Å². The summed E-state index contributed by atoms with van der Waals surface area (Å²) < 4.78 is 0. The number of H-pyrrole nitrogens is 1. The summed E-state index contributed by atoms with van der Waals surface area (Å²) in [5.41, 5.74) is 0.235. The Balaban J connectivity index is 2.37. The number of carbonyl (C=O) groups is 1. The van der Waals surface area contributed by atoms with Crippen molar-refractivity contribution in [2.24, 2.45) is 0 Å². The van der Waals surface area contributed by atoms with Crippen molar-refractivity contribution < 1.29 is 9.90 Å². The Bertz CT molecular complexity index is 435. The maximum Gasteiger partial charge on any atom is 0.341 e. The van der Waals surface area contributed by atoms with Gasteiger partial charge in [0.2, 0.25) is 0 Å². The van der Waals surface area contributed by atoms with Crippen molar-refractivity contribution in [1.29, 1.82) is 0 Å². The van der Waals surface area contributed by atoms with Gasteiger partial charge in [0, 0.05) is 11.9 Å². The summed E-state index contributed by atoms with van der Waals surface area (Å²) in [5, 5.41) is 8.81. The Morgan fingerprint density at radius 1 is 1.60 bits per heavy atom. The number of aromatic nitrogens is 1. The molecule has 2 N–H and O–H groups in total. The number of aromatic amines is 1. The van der Waals surface area contributed by atoms with E-state index < -0.39 is 11.5 Å². The van der Waals surface area contributed by atoms with Gasteiger partial charge < -0.3 is 10.1 Å². The van der Waals surface area contributed by atoms with Crippen LogP contribution >= 0.6 is 11.8 Å². The van der Waals surface area contributed by atoms with E-state index in [9.17, 15) is 9.59 Å². The SMILES string of the molecule is O=C(O)c1cc(C2CCSC2)c[nH]c1=O. The van der Waals surface area contributed by atoms with Crippen LogP contribution in [0.15, 0.2) is 17.1 Å². The van der Waals surface area contributed by atoms with Crippen molar-refractivity contribution in [3.05, 3.63) is 33.7 Å². The molecule has 1 saturated heterocycles. The highest BCUT2D eigenvalue weighted by molar-refractivity contribution is 7.99. The Morgan fingerprint density at radius 3 is 3.00 bits per heavy atom. The molecule has 80 valence electrons. The number of aromatic carboxylic acids is 1. The standard InChI is InChI=1S/C10H11NO3S/c12-9-8(10(13)14)3-7(4-11-9)6-1-2-15-5-6/h3-4,6H,1-2,5H2,(H,11,12)(H,13,14). The van der Waals surface area contributed by atoms with E-state index in [0.29, 0.717) is 5.92 Å². The largest absolute Gasteiger partial charge is 0.477 e. The lowest BCUT2D eigenvalue weighted by Crippen LogP contribution is -2.18. The van der Waals surface area contributed by atoms with E-state index in [1.807, 2.05) is 11.8 Å². The molecule has 0 aromatic carbocycles. The van der Waals surface area contributed by atoms with E-state index in [2.05, 4.69) is 4.98 Å². The van der Waals surface area contributed by atoms with E-state index >= 15 is 0 Å². The molecule has 5 heteroatoms. The van der Waals surface area contributed by atoms with Crippen LogP contribution in [0.2, 0.25) is 0 Å². The van der Waals surface area contributed by atoms with E-state index in [0.717, 1.165) is 23.5 Å². The van der Waals surface area contributed by atoms with Crippen LogP contribution in [0.3, 0.4) is 0 Å². The zero-order valence-electron chi connectivity index (χ0n) is 8.03. The van der Waals surface area contributed by atoms with E-state index in [4.69, 9.17) is 5.11 Å². The number of pyridine rings is 1. The number of hydrogen-bond acceptors (Lipinski definition) is 3. The van der Waals surface area contributed by atoms with E-state index in [1.165, 1.54) is 6.07 Å². The van der Waals surface area contributed by atoms with Gasteiger partial charge in [-0.3, -0.25) is 4.79 Å². The molecule has 4 nitrogen and oxygen atoms in total. The van der Waals surface area contributed by atoms with Crippen LogP contribution in [0.25, 0.3) is 0 Å². The number of nitrogens with one attached hydrogen (secondary N) is 1. The molecular weight excluding hydrogens is 214 g/mol. The average Bonchev–Trinajstić information content (AvgIpc) is 2.71. The predicted molar refractivity (Wildman–Crippen MR) is 58.7 cm³/mol. The molecule has 0 bridgehead atoms. The summed E-state index contributed by atoms with van der Waals surface area (Å²) in [6.45, 7) is 0. The highest BCUT2D eigenvalue weighted by Gasteiger charge is 2.19. The monoisotopic (exact) mass is 225 g/mol. The third kappa shape index (κ3) is 2.07. The van der Waals surface area contributed by atoms with E-state index in [1.54, 1.807) is 6.20 Å². The van der Waals surface area contributed by atoms with Crippen LogP contribution in [-0.2, 0) is 0 Å². The first-order chi connectivity index (χ1) is 7.18. The second-order valence-electron chi connectivity index (χ2n) is 3.54. The van der Waals surface area contributed by atoms with Gasteiger partial charge >= 0.3 is 5.97 Å². The normalized spacial score (nSPS) is 20.4. The topological polar surface area (TPSA) is 70.2 Å². The van der Waals surface area contributed by atoms with Crippen LogP contribution in [0.1, 0.15) is 28.3 Å². The molecule has 1 fully saturated rings. The van der Waals surface area contributed by atoms with Crippen molar-refractivity contribution in [2.45, 2.75) is 12.3 Å². The summed E-state index contributed by atoms with van der Waals surface area (Å²) in [6.07, 6.45) is 2.68. The molecule has 0 aliphatic carbocycles. The number of carboxylic acid groups (broad SMARTS) is 1. The van der Waals surface area contributed by atoms with Crippen molar-refractivity contribution in [3.8, 4) is 0 Å². The highest BCUT2D eigenvalue weighted by Crippen LogP contribution is 2.31. The zero-order valence-corrected chi connectivity index (χ0v) is 8.84. The first-order valence-electron chi connectivity index (χ1n) is 4.72. The molecule has 1 aliphatic rings. The fraction of sp³-hybridized carbons (Fsp3) is 0.400. The molecule has 1 aromatic heterocycles. The predicted octanol–water partition coefficient (Wildman–Crippen LogP) is 1.29. The maximum atomic E-state index is 11.2. The first kappa shape index (κ1) is 10.3. The van der Waals surface area contributed by atoms with Crippen LogP contribution in [-0.4, -0.2) is 27.6 Å². The third-order valence-electron chi connectivity index (χ3n) is 2.56. The van der Waals surface area contributed by atoms with Crippen molar-refractivity contribution in [3.63, 3.8) is 0 Å². The smallest absolute Gasteiger partial charge is 0.341 e. The lowest BCUT2D eigenvalue weighted by Gasteiger charge is -2.08. The molecule has 1 aromatic rings. The van der Waals surface area contributed by atoms with Gasteiger partial charge in [0.05, 0.1) is 0 Å². The van der Waals surface area contributed by atoms with Crippen LogP contribution < -0.4 is 5.56 Å². The number of carboxylic acids is 1. The van der Waals surface area contributed by atoms with Gasteiger partial charge in [-0.15, -0.1) is 0 Å². The number of thioether (sulfide) groups is 1. The van der Waals surface area contributed by atoms with Crippen molar-refractivity contribution >= 4 is 17.7 Å². The third-order valence-corrected chi connectivity index (χ3v) is 3.72. The Morgan fingerprint density at radius 2 is 2.40 bits per heavy atom. The summed E-state index contributed by atoms with van der Waals surface area (Å²) >= 11 is 1.86. The van der Waals surface area contributed by atoms with Crippen molar-refractivity contribution in [2.75, 3.05) is 11.5 Å². The average molecular weight is 225 g/mol. The second kappa shape index (κ2) is 4.10. The van der Waals surface area contributed by atoms with Gasteiger partial charge in [-0.05, 0) is 29.7 Å². The molecule has 15 heavy (non-hydrogen) atoms. The van der Waals surface area contributed by atoms with E-state index in [-0.39, 0.29) is 5.56 Å². The number of rotatable bonds is 2. The lowest BCUT2D eigenvalue weighted by atomic mass is 9.99. The summed E-state index contributed by atoms with van der Waals surface area (Å²) in [7, 11) is 0.